The number of allylic oxidation sites excluding steroid dienone is 4. The largest absolute Gasteiger partial charge is 0.491 e. The number of benzene rings is 1. The molecule has 1 aromatic rings. The smallest absolute Gasteiger partial charge is 0.303 e. The molecule has 0 bridgehead atoms. The van der Waals surface area contributed by atoms with Crippen LogP contribution in [0.4, 0.5) is 0 Å². The van der Waals surface area contributed by atoms with Crippen molar-refractivity contribution in [3.63, 3.8) is 0 Å². The topological polar surface area (TPSA) is 124 Å². The Hall–Kier alpha value is -3.37. The molecule has 1 aromatic carbocycles. The van der Waals surface area contributed by atoms with Gasteiger partial charge in [-0.05, 0) is 36.0 Å². The highest BCUT2D eigenvalue weighted by atomic mass is 35.5. The third-order valence-electron chi connectivity index (χ3n) is 6.80. The van der Waals surface area contributed by atoms with Gasteiger partial charge in [0, 0.05) is 39.7 Å². The van der Waals surface area contributed by atoms with E-state index in [9.17, 15) is 19.2 Å². The maximum Gasteiger partial charge on any atom is 0.303 e. The quantitative estimate of drug-likeness (QED) is 0.332. The number of hydrogen-bond acceptors (Lipinski definition) is 10. The van der Waals surface area contributed by atoms with Gasteiger partial charge < -0.3 is 28.4 Å². The van der Waals surface area contributed by atoms with Crippen molar-refractivity contribution in [1.82, 2.24) is 0 Å². The fourth-order valence-corrected chi connectivity index (χ4v) is 5.58. The van der Waals surface area contributed by atoms with Gasteiger partial charge in [-0.3, -0.25) is 19.2 Å². The molecule has 2 aliphatic heterocycles. The second kappa shape index (κ2) is 12.9. The molecule has 1 fully saturated rings. The van der Waals surface area contributed by atoms with Gasteiger partial charge in [0.15, 0.2) is 18.3 Å². The lowest BCUT2D eigenvalue weighted by Gasteiger charge is -2.45. The van der Waals surface area contributed by atoms with Crippen LogP contribution in [0.15, 0.2) is 29.9 Å². The molecule has 0 spiro atoms. The van der Waals surface area contributed by atoms with Crippen molar-refractivity contribution in [2.75, 3.05) is 13.2 Å². The SMILES string of the molecule is CC(=O)OCC1OC(c2cc(CC3=CCCC=C3)c(Cl)c3c2CCO3)C(OC(C)=O)C(OC(C)=O)C1OC(C)=O. The average Bonchev–Trinajstić information content (AvgIpc) is 3.37. The number of carbonyl (C=O) groups excluding carboxylic acids is 4. The highest BCUT2D eigenvalue weighted by Crippen LogP contribution is 2.46. The van der Waals surface area contributed by atoms with E-state index in [2.05, 4.69) is 18.2 Å². The van der Waals surface area contributed by atoms with Crippen molar-refractivity contribution in [2.24, 2.45) is 0 Å². The van der Waals surface area contributed by atoms with Gasteiger partial charge in [0.1, 0.15) is 24.6 Å². The molecule has 40 heavy (non-hydrogen) atoms. The molecule has 2 heterocycles. The molecule has 0 radical (unpaired) electrons. The van der Waals surface area contributed by atoms with Gasteiger partial charge in [-0.25, -0.2) is 0 Å². The molecular formula is C29H33ClO10. The van der Waals surface area contributed by atoms with E-state index in [1.165, 1.54) is 27.7 Å². The Bertz CT molecular complexity index is 1240. The Balaban J connectivity index is 1.84. The number of ether oxygens (including phenoxy) is 6. The van der Waals surface area contributed by atoms with E-state index in [1.54, 1.807) is 0 Å². The highest BCUT2D eigenvalue weighted by Gasteiger charge is 2.53. The Morgan fingerprint density at radius 3 is 2.23 bits per heavy atom. The summed E-state index contributed by atoms with van der Waals surface area (Å²) in [4.78, 5) is 48.3. The summed E-state index contributed by atoms with van der Waals surface area (Å²) in [6.07, 6.45) is 3.53. The van der Waals surface area contributed by atoms with E-state index in [-0.39, 0.29) is 6.61 Å². The maximum atomic E-state index is 12.3. The summed E-state index contributed by atoms with van der Waals surface area (Å²) >= 11 is 6.81. The molecule has 216 valence electrons. The number of halogens is 1. The summed E-state index contributed by atoms with van der Waals surface area (Å²) in [7, 11) is 0. The van der Waals surface area contributed by atoms with Crippen molar-refractivity contribution in [3.8, 4) is 5.75 Å². The van der Waals surface area contributed by atoms with E-state index in [0.717, 1.165) is 29.5 Å². The molecule has 0 N–H and O–H groups in total. The molecule has 0 aromatic heterocycles. The molecule has 11 heteroatoms. The number of hydrogen-bond donors (Lipinski definition) is 0. The molecule has 0 saturated carbocycles. The van der Waals surface area contributed by atoms with Gasteiger partial charge in [0.05, 0.1) is 11.6 Å². The second-order valence-electron chi connectivity index (χ2n) is 9.90. The maximum absolute atomic E-state index is 12.3. The Morgan fingerprint density at radius 2 is 1.60 bits per heavy atom. The van der Waals surface area contributed by atoms with Crippen molar-refractivity contribution in [3.05, 3.63) is 51.6 Å². The molecule has 0 amide bonds. The summed E-state index contributed by atoms with van der Waals surface area (Å²) in [5.41, 5.74) is 3.27. The van der Waals surface area contributed by atoms with Crippen LogP contribution in [0.1, 0.15) is 63.3 Å². The first-order chi connectivity index (χ1) is 19.0. The molecule has 5 atom stereocenters. The van der Waals surface area contributed by atoms with Gasteiger partial charge in [0.2, 0.25) is 0 Å². The lowest BCUT2D eigenvalue weighted by Crippen LogP contribution is -2.59. The number of carbonyl (C=O) groups is 4. The molecule has 5 unspecified atom stereocenters. The first kappa shape index (κ1) is 29.6. The van der Waals surface area contributed by atoms with E-state index in [0.29, 0.717) is 35.8 Å². The van der Waals surface area contributed by atoms with Gasteiger partial charge in [0.25, 0.3) is 0 Å². The fourth-order valence-electron chi connectivity index (χ4n) is 5.29. The molecule has 4 rings (SSSR count). The van der Waals surface area contributed by atoms with Crippen LogP contribution in [0, 0.1) is 0 Å². The van der Waals surface area contributed by atoms with Crippen LogP contribution in [0.5, 0.6) is 5.75 Å². The summed E-state index contributed by atoms with van der Waals surface area (Å²) in [5, 5.41) is 0.488. The van der Waals surface area contributed by atoms with Gasteiger partial charge in [-0.15, -0.1) is 0 Å². The average molecular weight is 577 g/mol. The zero-order chi connectivity index (χ0) is 29.0. The van der Waals surface area contributed by atoms with Crippen LogP contribution >= 0.6 is 11.6 Å². The van der Waals surface area contributed by atoms with Gasteiger partial charge in [-0.2, -0.15) is 0 Å². The predicted molar refractivity (Wildman–Crippen MR) is 142 cm³/mol. The minimum absolute atomic E-state index is 0.300. The summed E-state index contributed by atoms with van der Waals surface area (Å²) in [6, 6.07) is 1.89. The minimum Gasteiger partial charge on any atom is -0.491 e. The van der Waals surface area contributed by atoms with Crippen LogP contribution in [0.2, 0.25) is 5.02 Å². The number of fused-ring (bicyclic) bond motifs is 1. The third kappa shape index (κ3) is 6.85. The summed E-state index contributed by atoms with van der Waals surface area (Å²) in [6.45, 7) is 4.92. The molecular weight excluding hydrogens is 544 g/mol. The zero-order valence-corrected chi connectivity index (χ0v) is 23.7. The van der Waals surface area contributed by atoms with Crippen molar-refractivity contribution < 1.29 is 47.6 Å². The van der Waals surface area contributed by atoms with Gasteiger partial charge >= 0.3 is 23.9 Å². The normalized spacial score (nSPS) is 25.2. The molecule has 10 nitrogen and oxygen atoms in total. The fraction of sp³-hybridized carbons (Fsp3) is 0.517. The Kier molecular flexibility index (Phi) is 9.52. The first-order valence-electron chi connectivity index (χ1n) is 13.2. The van der Waals surface area contributed by atoms with Crippen LogP contribution in [0.3, 0.4) is 0 Å². The molecule has 1 saturated heterocycles. The number of esters is 4. The zero-order valence-electron chi connectivity index (χ0n) is 22.9. The first-order valence-corrected chi connectivity index (χ1v) is 13.6. The van der Waals surface area contributed by atoms with E-state index < -0.39 is 54.4 Å². The van der Waals surface area contributed by atoms with Crippen molar-refractivity contribution >= 4 is 35.5 Å². The van der Waals surface area contributed by atoms with E-state index in [4.69, 9.17) is 40.0 Å². The van der Waals surface area contributed by atoms with Crippen LogP contribution in [-0.4, -0.2) is 61.5 Å². The Morgan fingerprint density at radius 1 is 0.925 bits per heavy atom. The van der Waals surface area contributed by atoms with Crippen LogP contribution < -0.4 is 4.74 Å². The van der Waals surface area contributed by atoms with Crippen LogP contribution in [-0.2, 0) is 55.7 Å². The van der Waals surface area contributed by atoms with Gasteiger partial charge in [-0.1, -0.05) is 35.9 Å². The number of rotatable bonds is 8. The second-order valence-corrected chi connectivity index (χ2v) is 10.3. The predicted octanol–water partition coefficient (Wildman–Crippen LogP) is 3.89. The van der Waals surface area contributed by atoms with Crippen molar-refractivity contribution in [1.29, 1.82) is 0 Å². The third-order valence-corrected chi connectivity index (χ3v) is 7.21. The summed E-state index contributed by atoms with van der Waals surface area (Å²) < 4.78 is 34.4. The van der Waals surface area contributed by atoms with E-state index in [1.807, 2.05) is 6.07 Å². The minimum atomic E-state index is -1.26. The monoisotopic (exact) mass is 576 g/mol. The molecule has 3 aliphatic rings. The lowest BCUT2D eigenvalue weighted by molar-refractivity contribution is -0.254. The highest BCUT2D eigenvalue weighted by molar-refractivity contribution is 6.33. The van der Waals surface area contributed by atoms with Crippen molar-refractivity contribution in [2.45, 2.75) is 83.9 Å². The standard InChI is InChI=1S/C29H33ClO10/c1-15(31)36-14-23-27(37-16(2)32)29(39-18(4)34)28(38-17(3)33)26(40-23)22-13-20(12-19-8-6-5-7-9-19)24(30)25-21(22)10-11-35-25/h6,8-9,13,23,26-29H,5,7,10-12,14H2,1-4H3. The Labute approximate surface area is 237 Å². The summed E-state index contributed by atoms with van der Waals surface area (Å²) in [5.74, 6) is -2.09. The van der Waals surface area contributed by atoms with Crippen LogP contribution in [0.25, 0.3) is 0 Å². The lowest BCUT2D eigenvalue weighted by atomic mass is 9.86. The molecule has 1 aliphatic carbocycles. The van der Waals surface area contributed by atoms with E-state index >= 15 is 0 Å².